The minimum atomic E-state index is -0.704. The van der Waals surface area contributed by atoms with Gasteiger partial charge in [0.25, 0.3) is 0 Å². The zero-order chi connectivity index (χ0) is 16.4. The number of halogens is 2. The molecule has 1 amide bonds. The number of carbonyl (C=O) groups excluding carboxylic acids is 3. The van der Waals surface area contributed by atoms with Crippen LogP contribution in [0.3, 0.4) is 0 Å². The molecule has 1 saturated heterocycles. The minimum Gasteiger partial charge on any atom is -0.469 e. The molecule has 1 fully saturated rings. The molecule has 0 spiro atoms. The lowest BCUT2D eigenvalue weighted by Gasteiger charge is -2.19. The molecular weight excluding hydrogens is 361 g/mol. The number of methoxy groups -OCH3 is 2. The molecule has 22 heavy (non-hydrogen) atoms. The predicted octanol–water partition coefficient (Wildman–Crippen LogP) is 1.90. The Bertz CT molecular complexity index is 648. The zero-order valence-electron chi connectivity index (χ0n) is 11.9. The predicted molar refractivity (Wildman–Crippen MR) is 77.9 cm³/mol. The van der Waals surface area contributed by atoms with Crippen LogP contribution in [0, 0.1) is 11.7 Å². The monoisotopic (exact) mass is 373 g/mol. The first-order valence-electron chi connectivity index (χ1n) is 6.34. The Morgan fingerprint density at radius 1 is 1.32 bits per heavy atom. The van der Waals surface area contributed by atoms with Gasteiger partial charge in [-0.15, -0.1) is 0 Å². The van der Waals surface area contributed by atoms with Crippen molar-refractivity contribution in [1.82, 2.24) is 0 Å². The number of amides is 1. The maximum atomic E-state index is 13.8. The fourth-order valence-electron chi connectivity index (χ4n) is 2.30. The van der Waals surface area contributed by atoms with Crippen molar-refractivity contribution in [3.05, 3.63) is 28.0 Å². The van der Waals surface area contributed by atoms with Crippen LogP contribution in [0.5, 0.6) is 0 Å². The molecule has 1 unspecified atom stereocenters. The number of nitrogens with zero attached hydrogens (tertiary/aromatic N) is 1. The molecule has 1 aromatic carbocycles. The average molecular weight is 374 g/mol. The van der Waals surface area contributed by atoms with Gasteiger partial charge in [-0.1, -0.05) is 0 Å². The minimum absolute atomic E-state index is 0.0244. The summed E-state index contributed by atoms with van der Waals surface area (Å²) < 4.78 is 23.1. The van der Waals surface area contributed by atoms with Crippen LogP contribution in [0.25, 0.3) is 0 Å². The molecule has 0 radical (unpaired) electrons. The van der Waals surface area contributed by atoms with E-state index in [0.29, 0.717) is 0 Å². The fourth-order valence-corrected chi connectivity index (χ4v) is 2.64. The van der Waals surface area contributed by atoms with Gasteiger partial charge in [-0.25, -0.2) is 9.18 Å². The topological polar surface area (TPSA) is 72.9 Å². The standard InChI is InChI=1S/C14H13BrFNO5/c1-21-13(19)7-3-12(18)17(6-7)11-5-10(16)9(15)4-8(11)14(20)22-2/h4-5,7H,3,6H2,1-2H3. The van der Waals surface area contributed by atoms with E-state index in [9.17, 15) is 18.8 Å². The smallest absolute Gasteiger partial charge is 0.340 e. The van der Waals surface area contributed by atoms with Gasteiger partial charge in [0, 0.05) is 13.0 Å². The van der Waals surface area contributed by atoms with E-state index in [1.54, 1.807) is 0 Å². The molecule has 118 valence electrons. The first-order chi connectivity index (χ1) is 10.4. The van der Waals surface area contributed by atoms with Crippen molar-refractivity contribution < 1.29 is 28.2 Å². The first-order valence-corrected chi connectivity index (χ1v) is 7.13. The third-order valence-electron chi connectivity index (χ3n) is 3.39. The van der Waals surface area contributed by atoms with Gasteiger partial charge >= 0.3 is 11.9 Å². The lowest BCUT2D eigenvalue weighted by molar-refractivity contribution is -0.145. The number of benzene rings is 1. The van der Waals surface area contributed by atoms with Crippen molar-refractivity contribution in [2.75, 3.05) is 25.7 Å². The van der Waals surface area contributed by atoms with E-state index in [-0.39, 0.29) is 34.6 Å². The number of hydrogen-bond donors (Lipinski definition) is 0. The lowest BCUT2D eigenvalue weighted by atomic mass is 10.1. The van der Waals surface area contributed by atoms with Gasteiger partial charge in [0.15, 0.2) is 0 Å². The van der Waals surface area contributed by atoms with Gasteiger partial charge in [0.05, 0.1) is 35.9 Å². The molecular formula is C14H13BrFNO5. The second kappa shape index (κ2) is 6.43. The molecule has 0 bridgehead atoms. The number of hydrogen-bond acceptors (Lipinski definition) is 5. The van der Waals surface area contributed by atoms with E-state index < -0.39 is 23.7 Å². The van der Waals surface area contributed by atoms with Crippen molar-refractivity contribution >= 4 is 39.5 Å². The van der Waals surface area contributed by atoms with Crippen LogP contribution < -0.4 is 4.90 Å². The molecule has 1 aromatic rings. The van der Waals surface area contributed by atoms with Crippen molar-refractivity contribution in [3.8, 4) is 0 Å². The van der Waals surface area contributed by atoms with Crippen LogP contribution in [-0.4, -0.2) is 38.6 Å². The molecule has 6 nitrogen and oxygen atoms in total. The Morgan fingerprint density at radius 3 is 2.59 bits per heavy atom. The highest BCUT2D eigenvalue weighted by Gasteiger charge is 2.37. The summed E-state index contributed by atoms with van der Waals surface area (Å²) in [4.78, 5) is 36.7. The lowest BCUT2D eigenvalue weighted by Crippen LogP contribution is -2.28. The molecule has 1 atom stereocenters. The van der Waals surface area contributed by atoms with Crippen LogP contribution >= 0.6 is 15.9 Å². The van der Waals surface area contributed by atoms with Crippen molar-refractivity contribution in [1.29, 1.82) is 0 Å². The van der Waals surface area contributed by atoms with Crippen molar-refractivity contribution in [2.45, 2.75) is 6.42 Å². The van der Waals surface area contributed by atoms with Gasteiger partial charge in [0.1, 0.15) is 5.82 Å². The summed E-state index contributed by atoms with van der Waals surface area (Å²) in [7, 11) is 2.42. The molecule has 8 heteroatoms. The molecule has 0 saturated carbocycles. The molecule has 1 heterocycles. The Morgan fingerprint density at radius 2 is 2.00 bits per heavy atom. The second-order valence-electron chi connectivity index (χ2n) is 4.70. The number of carbonyl (C=O) groups is 3. The Kier molecular flexibility index (Phi) is 4.80. The highest BCUT2D eigenvalue weighted by Crippen LogP contribution is 2.32. The van der Waals surface area contributed by atoms with Crippen LogP contribution in [-0.2, 0) is 19.1 Å². The van der Waals surface area contributed by atoms with Gasteiger partial charge in [-0.2, -0.15) is 0 Å². The Labute approximate surface area is 134 Å². The maximum Gasteiger partial charge on any atom is 0.340 e. The number of esters is 2. The summed E-state index contributed by atoms with van der Waals surface area (Å²) in [6.45, 7) is 0.0244. The Balaban J connectivity index is 2.43. The van der Waals surface area contributed by atoms with Gasteiger partial charge in [-0.05, 0) is 28.1 Å². The third kappa shape index (κ3) is 2.96. The average Bonchev–Trinajstić information content (AvgIpc) is 2.89. The number of anilines is 1. The summed E-state index contributed by atoms with van der Waals surface area (Å²) in [5.74, 6) is -2.88. The molecule has 0 N–H and O–H groups in total. The largest absolute Gasteiger partial charge is 0.469 e. The highest BCUT2D eigenvalue weighted by molar-refractivity contribution is 9.10. The quantitative estimate of drug-likeness (QED) is 0.756. The first kappa shape index (κ1) is 16.4. The third-order valence-corrected chi connectivity index (χ3v) is 4.00. The number of rotatable bonds is 3. The molecule has 0 aromatic heterocycles. The van der Waals surface area contributed by atoms with E-state index in [1.807, 2.05) is 0 Å². The van der Waals surface area contributed by atoms with E-state index in [2.05, 4.69) is 25.4 Å². The van der Waals surface area contributed by atoms with Crippen LogP contribution in [0.1, 0.15) is 16.8 Å². The SMILES string of the molecule is COC(=O)c1cc(Br)c(F)cc1N1CC(C(=O)OC)CC1=O. The summed E-state index contributed by atoms with van der Waals surface area (Å²) >= 11 is 2.99. The molecule has 1 aliphatic rings. The van der Waals surface area contributed by atoms with Gasteiger partial charge in [0.2, 0.25) is 5.91 Å². The van der Waals surface area contributed by atoms with E-state index in [0.717, 1.165) is 6.07 Å². The number of ether oxygens (including phenoxy) is 2. The summed E-state index contributed by atoms with van der Waals surface area (Å²) in [5.41, 5.74) is 0.110. The van der Waals surface area contributed by atoms with Crippen LogP contribution in [0.2, 0.25) is 0 Å². The summed E-state index contributed by atoms with van der Waals surface area (Å²) in [6.07, 6.45) is -0.0506. The van der Waals surface area contributed by atoms with Crippen LogP contribution in [0.15, 0.2) is 16.6 Å². The molecule has 0 aliphatic carbocycles. The van der Waals surface area contributed by atoms with Gasteiger partial charge < -0.3 is 14.4 Å². The van der Waals surface area contributed by atoms with Crippen LogP contribution in [0.4, 0.5) is 10.1 Å². The highest BCUT2D eigenvalue weighted by atomic mass is 79.9. The zero-order valence-corrected chi connectivity index (χ0v) is 13.5. The van der Waals surface area contributed by atoms with E-state index >= 15 is 0 Å². The molecule has 2 rings (SSSR count). The van der Waals surface area contributed by atoms with Crippen molar-refractivity contribution in [3.63, 3.8) is 0 Å². The summed E-state index contributed by atoms with van der Waals surface area (Å²) in [5, 5.41) is 0. The maximum absolute atomic E-state index is 13.8. The normalized spacial score (nSPS) is 17.5. The van der Waals surface area contributed by atoms with E-state index in [4.69, 9.17) is 0 Å². The molecule has 1 aliphatic heterocycles. The second-order valence-corrected chi connectivity index (χ2v) is 5.56. The van der Waals surface area contributed by atoms with E-state index in [1.165, 1.54) is 25.2 Å². The Hall–Kier alpha value is -1.96. The van der Waals surface area contributed by atoms with Gasteiger partial charge in [-0.3, -0.25) is 9.59 Å². The van der Waals surface area contributed by atoms with Crippen molar-refractivity contribution in [2.24, 2.45) is 5.92 Å². The summed E-state index contributed by atoms with van der Waals surface area (Å²) in [6, 6.07) is 2.31. The fraction of sp³-hybridized carbons (Fsp3) is 0.357.